The standard InChI is InChI=1S/C13H11BrINO/c14-10-1-6-13(17)9(7-10)8-16-12-4-2-11(15)3-5-12/h1-7,16-17H,8H2. The molecule has 0 aliphatic carbocycles. The Labute approximate surface area is 122 Å². The van der Waals surface area contributed by atoms with Crippen molar-refractivity contribution in [2.75, 3.05) is 5.32 Å². The SMILES string of the molecule is Oc1ccc(Br)cc1CNc1ccc(I)cc1. The van der Waals surface area contributed by atoms with E-state index in [4.69, 9.17) is 0 Å². The highest BCUT2D eigenvalue weighted by Crippen LogP contribution is 2.23. The van der Waals surface area contributed by atoms with Crippen molar-refractivity contribution in [3.05, 3.63) is 56.1 Å². The molecule has 2 N–H and O–H groups in total. The summed E-state index contributed by atoms with van der Waals surface area (Å²) in [6.07, 6.45) is 0. The molecule has 0 aliphatic heterocycles. The Morgan fingerprint density at radius 3 is 2.53 bits per heavy atom. The average molecular weight is 404 g/mol. The number of hydrogen-bond acceptors (Lipinski definition) is 2. The Bertz CT molecular complexity index is 513. The van der Waals surface area contributed by atoms with Gasteiger partial charge in [-0.05, 0) is 65.1 Å². The molecule has 0 aliphatic rings. The largest absolute Gasteiger partial charge is 0.508 e. The smallest absolute Gasteiger partial charge is 0.120 e. The first-order valence-electron chi connectivity index (χ1n) is 5.12. The normalized spacial score (nSPS) is 10.2. The van der Waals surface area contributed by atoms with Crippen molar-refractivity contribution >= 4 is 44.2 Å². The van der Waals surface area contributed by atoms with Gasteiger partial charge in [0.05, 0.1) is 0 Å². The second-order valence-corrected chi connectivity index (χ2v) is 5.79. The second-order valence-electron chi connectivity index (χ2n) is 3.63. The highest BCUT2D eigenvalue weighted by atomic mass is 127. The van der Waals surface area contributed by atoms with E-state index in [9.17, 15) is 5.11 Å². The zero-order chi connectivity index (χ0) is 12.3. The summed E-state index contributed by atoms with van der Waals surface area (Å²) in [5, 5.41) is 13.0. The van der Waals surface area contributed by atoms with E-state index >= 15 is 0 Å². The number of phenols is 1. The fourth-order valence-corrected chi connectivity index (χ4v) is 2.23. The molecule has 0 heterocycles. The van der Waals surface area contributed by atoms with Crippen LogP contribution in [0.4, 0.5) is 5.69 Å². The lowest BCUT2D eigenvalue weighted by Gasteiger charge is -2.08. The van der Waals surface area contributed by atoms with Crippen LogP contribution in [0.5, 0.6) is 5.75 Å². The molecule has 0 saturated heterocycles. The number of anilines is 1. The lowest BCUT2D eigenvalue weighted by Crippen LogP contribution is -1.99. The van der Waals surface area contributed by atoms with E-state index in [0.717, 1.165) is 15.7 Å². The maximum absolute atomic E-state index is 9.70. The van der Waals surface area contributed by atoms with Crippen molar-refractivity contribution in [2.45, 2.75) is 6.54 Å². The first-order chi connectivity index (χ1) is 8.15. The Balaban J connectivity index is 2.07. The minimum Gasteiger partial charge on any atom is -0.508 e. The molecule has 17 heavy (non-hydrogen) atoms. The summed E-state index contributed by atoms with van der Waals surface area (Å²) < 4.78 is 2.17. The highest BCUT2D eigenvalue weighted by Gasteiger charge is 2.01. The van der Waals surface area contributed by atoms with Gasteiger partial charge in [0.1, 0.15) is 5.75 Å². The van der Waals surface area contributed by atoms with Gasteiger partial charge in [-0.25, -0.2) is 0 Å². The molecule has 0 fully saturated rings. The third kappa shape index (κ3) is 3.61. The van der Waals surface area contributed by atoms with Crippen LogP contribution in [0.15, 0.2) is 46.9 Å². The minimum atomic E-state index is 0.311. The summed E-state index contributed by atoms with van der Waals surface area (Å²) in [6, 6.07) is 13.6. The molecule has 0 amide bonds. The molecule has 0 saturated carbocycles. The number of phenolic OH excluding ortho intramolecular Hbond substituents is 1. The van der Waals surface area contributed by atoms with E-state index in [1.54, 1.807) is 6.07 Å². The molecule has 0 aromatic heterocycles. The van der Waals surface area contributed by atoms with Gasteiger partial charge >= 0.3 is 0 Å². The van der Waals surface area contributed by atoms with Gasteiger partial charge in [-0.2, -0.15) is 0 Å². The number of halogens is 2. The zero-order valence-corrected chi connectivity index (χ0v) is 12.7. The number of benzene rings is 2. The maximum Gasteiger partial charge on any atom is 0.120 e. The lowest BCUT2D eigenvalue weighted by molar-refractivity contribution is 0.469. The molecule has 4 heteroatoms. The molecule has 0 spiro atoms. The van der Waals surface area contributed by atoms with Crippen molar-refractivity contribution in [3.8, 4) is 5.75 Å². The van der Waals surface area contributed by atoms with Crippen LogP contribution in [0.25, 0.3) is 0 Å². The van der Waals surface area contributed by atoms with E-state index in [1.807, 2.05) is 36.4 Å². The number of nitrogens with one attached hydrogen (secondary N) is 1. The van der Waals surface area contributed by atoms with Crippen molar-refractivity contribution < 1.29 is 5.11 Å². The Morgan fingerprint density at radius 1 is 1.12 bits per heavy atom. The third-order valence-electron chi connectivity index (χ3n) is 2.37. The van der Waals surface area contributed by atoms with Crippen LogP contribution in [0.3, 0.4) is 0 Å². The van der Waals surface area contributed by atoms with Gasteiger partial charge in [0.2, 0.25) is 0 Å². The van der Waals surface area contributed by atoms with Crippen LogP contribution in [-0.2, 0) is 6.54 Å². The number of aromatic hydroxyl groups is 1. The maximum atomic E-state index is 9.70. The fourth-order valence-electron chi connectivity index (χ4n) is 1.46. The Hall–Kier alpha value is -0.750. The molecule has 2 aromatic rings. The number of hydrogen-bond donors (Lipinski definition) is 2. The molecule has 0 unspecified atom stereocenters. The highest BCUT2D eigenvalue weighted by molar-refractivity contribution is 14.1. The lowest BCUT2D eigenvalue weighted by atomic mass is 10.2. The van der Waals surface area contributed by atoms with Crippen LogP contribution in [0.1, 0.15) is 5.56 Å². The van der Waals surface area contributed by atoms with Gasteiger partial charge in [0.15, 0.2) is 0 Å². The van der Waals surface area contributed by atoms with E-state index in [2.05, 4.69) is 43.8 Å². The van der Waals surface area contributed by atoms with Gasteiger partial charge < -0.3 is 10.4 Å². The number of rotatable bonds is 3. The molecule has 2 nitrogen and oxygen atoms in total. The van der Waals surface area contributed by atoms with Crippen molar-refractivity contribution in [3.63, 3.8) is 0 Å². The summed E-state index contributed by atoms with van der Waals surface area (Å²) >= 11 is 5.66. The monoisotopic (exact) mass is 403 g/mol. The summed E-state index contributed by atoms with van der Waals surface area (Å²) in [7, 11) is 0. The molecule has 0 bridgehead atoms. The van der Waals surface area contributed by atoms with E-state index in [0.29, 0.717) is 12.3 Å². The zero-order valence-electron chi connectivity index (χ0n) is 8.95. The summed E-state index contributed by atoms with van der Waals surface area (Å²) in [5.41, 5.74) is 1.92. The van der Waals surface area contributed by atoms with E-state index in [1.165, 1.54) is 3.57 Å². The molecular formula is C13H11BrINO. The van der Waals surface area contributed by atoms with Crippen molar-refractivity contribution in [1.29, 1.82) is 0 Å². The predicted octanol–water partition coefficient (Wildman–Crippen LogP) is 4.37. The van der Waals surface area contributed by atoms with Gasteiger partial charge in [0, 0.05) is 25.8 Å². The molecule has 2 aromatic carbocycles. The van der Waals surface area contributed by atoms with Gasteiger partial charge in [-0.3, -0.25) is 0 Å². The topological polar surface area (TPSA) is 32.3 Å². The van der Waals surface area contributed by atoms with E-state index in [-0.39, 0.29) is 0 Å². The first-order valence-corrected chi connectivity index (χ1v) is 6.99. The second kappa shape index (κ2) is 5.73. The summed E-state index contributed by atoms with van der Waals surface area (Å²) in [5.74, 6) is 0.311. The predicted molar refractivity (Wildman–Crippen MR) is 82.3 cm³/mol. The summed E-state index contributed by atoms with van der Waals surface area (Å²) in [4.78, 5) is 0. The molecule has 0 atom stereocenters. The first kappa shape index (κ1) is 12.7. The van der Waals surface area contributed by atoms with Crippen LogP contribution in [0.2, 0.25) is 0 Å². The van der Waals surface area contributed by atoms with E-state index < -0.39 is 0 Å². The Morgan fingerprint density at radius 2 is 1.82 bits per heavy atom. The quantitative estimate of drug-likeness (QED) is 0.745. The third-order valence-corrected chi connectivity index (χ3v) is 3.58. The average Bonchev–Trinajstić information content (AvgIpc) is 2.32. The van der Waals surface area contributed by atoms with Gasteiger partial charge in [0.25, 0.3) is 0 Å². The fraction of sp³-hybridized carbons (Fsp3) is 0.0769. The molecular weight excluding hydrogens is 393 g/mol. The van der Waals surface area contributed by atoms with Crippen LogP contribution in [-0.4, -0.2) is 5.11 Å². The van der Waals surface area contributed by atoms with Crippen LogP contribution in [0, 0.1) is 3.57 Å². The molecule has 88 valence electrons. The Kier molecular flexibility index (Phi) is 4.28. The van der Waals surface area contributed by atoms with Crippen molar-refractivity contribution in [1.82, 2.24) is 0 Å². The van der Waals surface area contributed by atoms with Crippen LogP contribution < -0.4 is 5.32 Å². The van der Waals surface area contributed by atoms with Crippen LogP contribution >= 0.6 is 38.5 Å². The molecule has 2 rings (SSSR count). The minimum absolute atomic E-state index is 0.311. The molecule has 0 radical (unpaired) electrons. The van der Waals surface area contributed by atoms with Crippen molar-refractivity contribution in [2.24, 2.45) is 0 Å². The summed E-state index contributed by atoms with van der Waals surface area (Å²) in [6.45, 7) is 0.603. The van der Waals surface area contributed by atoms with Gasteiger partial charge in [-0.1, -0.05) is 15.9 Å². The van der Waals surface area contributed by atoms with Gasteiger partial charge in [-0.15, -0.1) is 0 Å².